The van der Waals surface area contributed by atoms with Crippen LogP contribution in [0.1, 0.15) is 12.5 Å². The van der Waals surface area contributed by atoms with E-state index in [1.807, 2.05) is 6.92 Å². The smallest absolute Gasteiger partial charge is 0.263 e. The Balaban J connectivity index is 2.11. The van der Waals surface area contributed by atoms with Crippen LogP contribution in [0.5, 0.6) is 5.75 Å². The van der Waals surface area contributed by atoms with E-state index >= 15 is 0 Å². The third kappa shape index (κ3) is 1.80. The number of fused-ring (bicyclic) bond motifs is 3. The molecule has 0 spiro atoms. The summed E-state index contributed by atoms with van der Waals surface area (Å²) in [6, 6.07) is 5.74. The Labute approximate surface area is 125 Å². The molecule has 3 aromatic rings. The van der Waals surface area contributed by atoms with E-state index in [0.717, 1.165) is 0 Å². The third-order valence-electron chi connectivity index (χ3n) is 3.74. The molecule has 0 aliphatic carbocycles. The average Bonchev–Trinajstić information content (AvgIpc) is 2.92. The van der Waals surface area contributed by atoms with Crippen molar-refractivity contribution in [2.45, 2.75) is 19.4 Å². The second-order valence-corrected chi connectivity index (χ2v) is 5.29. The summed E-state index contributed by atoms with van der Waals surface area (Å²) in [7, 11) is 0. The molecule has 1 atom stereocenters. The quantitative estimate of drug-likeness (QED) is 0.691. The highest BCUT2D eigenvalue weighted by Crippen LogP contribution is 2.32. The summed E-state index contributed by atoms with van der Waals surface area (Å²) in [5, 5.41) is 0. The van der Waals surface area contributed by atoms with Gasteiger partial charge in [-0.3, -0.25) is 9.36 Å². The van der Waals surface area contributed by atoms with Crippen LogP contribution in [0.2, 0.25) is 0 Å². The summed E-state index contributed by atoms with van der Waals surface area (Å²) in [5.74, 6) is 0.157. The van der Waals surface area contributed by atoms with E-state index in [1.165, 1.54) is 22.9 Å². The minimum absolute atomic E-state index is 0.0722. The maximum Gasteiger partial charge on any atom is 0.263 e. The van der Waals surface area contributed by atoms with Gasteiger partial charge in [-0.05, 0) is 31.2 Å². The lowest BCUT2D eigenvalue weighted by Crippen LogP contribution is -2.23. The van der Waals surface area contributed by atoms with E-state index in [9.17, 15) is 9.18 Å². The molecule has 0 saturated carbocycles. The molecular formula is C16H12FN3O2. The fourth-order valence-electron chi connectivity index (χ4n) is 2.79. The van der Waals surface area contributed by atoms with Crippen molar-refractivity contribution in [2.75, 3.05) is 0 Å². The fourth-order valence-corrected chi connectivity index (χ4v) is 2.79. The largest absolute Gasteiger partial charge is 0.487 e. The highest BCUT2D eigenvalue weighted by Gasteiger charge is 2.28. The van der Waals surface area contributed by atoms with Gasteiger partial charge in [0.25, 0.3) is 5.56 Å². The molecule has 2 aromatic heterocycles. The van der Waals surface area contributed by atoms with Crippen molar-refractivity contribution >= 4 is 11.2 Å². The number of aromatic nitrogens is 3. The van der Waals surface area contributed by atoms with Crippen molar-refractivity contribution in [1.29, 1.82) is 0 Å². The van der Waals surface area contributed by atoms with Crippen molar-refractivity contribution in [2.24, 2.45) is 0 Å². The number of ether oxygens (including phenoxy) is 1. The van der Waals surface area contributed by atoms with Gasteiger partial charge in [0.15, 0.2) is 11.4 Å². The number of nitrogens with zero attached hydrogens (tertiary/aromatic N) is 3. The van der Waals surface area contributed by atoms with Gasteiger partial charge in [0.05, 0.1) is 11.3 Å². The lowest BCUT2D eigenvalue weighted by atomic mass is 10.1. The Morgan fingerprint density at radius 2 is 1.95 bits per heavy atom. The first-order valence-electron chi connectivity index (χ1n) is 6.96. The van der Waals surface area contributed by atoms with Crippen LogP contribution in [-0.4, -0.2) is 20.6 Å². The van der Waals surface area contributed by atoms with E-state index in [2.05, 4.69) is 9.97 Å². The zero-order valence-corrected chi connectivity index (χ0v) is 11.8. The zero-order chi connectivity index (χ0) is 15.3. The van der Waals surface area contributed by atoms with Crippen LogP contribution >= 0.6 is 0 Å². The first-order chi connectivity index (χ1) is 10.6. The maximum absolute atomic E-state index is 13.2. The Morgan fingerprint density at radius 3 is 2.73 bits per heavy atom. The van der Waals surface area contributed by atoms with Crippen molar-refractivity contribution in [3.8, 4) is 11.4 Å². The third-order valence-corrected chi connectivity index (χ3v) is 3.74. The molecule has 0 bridgehead atoms. The van der Waals surface area contributed by atoms with Gasteiger partial charge in [-0.15, -0.1) is 0 Å². The standard InChI is InChI=1S/C16H12FN3O2/c1-9-8-12-14(22-9)13-15(19-7-6-18-13)20(16(12)21)11-4-2-10(17)3-5-11/h2-7,9H,8H2,1H3. The molecule has 4 rings (SSSR count). The van der Waals surface area contributed by atoms with Crippen LogP contribution in [0.15, 0.2) is 41.5 Å². The van der Waals surface area contributed by atoms with Crippen molar-refractivity contribution in [3.05, 3.63) is 58.4 Å². The van der Waals surface area contributed by atoms with E-state index in [-0.39, 0.29) is 17.5 Å². The second kappa shape index (κ2) is 4.62. The number of pyridine rings is 1. The van der Waals surface area contributed by atoms with E-state index in [4.69, 9.17) is 4.74 Å². The highest BCUT2D eigenvalue weighted by atomic mass is 19.1. The predicted molar refractivity (Wildman–Crippen MR) is 78.9 cm³/mol. The Bertz CT molecular complexity index is 935. The molecule has 0 N–H and O–H groups in total. The molecule has 1 unspecified atom stereocenters. The van der Waals surface area contributed by atoms with Crippen LogP contribution < -0.4 is 10.3 Å². The molecule has 1 aliphatic rings. The van der Waals surface area contributed by atoms with Gasteiger partial charge >= 0.3 is 0 Å². The summed E-state index contributed by atoms with van der Waals surface area (Å²) in [6.45, 7) is 1.91. The lowest BCUT2D eigenvalue weighted by molar-refractivity contribution is 0.257. The van der Waals surface area contributed by atoms with Crippen LogP contribution in [0.25, 0.3) is 16.9 Å². The maximum atomic E-state index is 13.2. The minimum atomic E-state index is -0.356. The fraction of sp³-hybridized carbons (Fsp3) is 0.188. The van der Waals surface area contributed by atoms with Crippen LogP contribution in [0, 0.1) is 5.82 Å². The molecule has 0 saturated heterocycles. The first-order valence-corrected chi connectivity index (χ1v) is 6.96. The van der Waals surface area contributed by atoms with Gasteiger partial charge in [-0.1, -0.05) is 0 Å². The van der Waals surface area contributed by atoms with Crippen molar-refractivity contribution in [1.82, 2.24) is 14.5 Å². The monoisotopic (exact) mass is 297 g/mol. The number of rotatable bonds is 1. The Hall–Kier alpha value is -2.76. The molecule has 6 heteroatoms. The molecule has 5 nitrogen and oxygen atoms in total. The summed E-state index contributed by atoms with van der Waals surface area (Å²) >= 11 is 0. The Kier molecular flexibility index (Phi) is 2.72. The predicted octanol–water partition coefficient (Wildman–Crippen LogP) is 2.24. The molecule has 110 valence electrons. The number of benzene rings is 1. The summed E-state index contributed by atoms with van der Waals surface area (Å²) in [6.07, 6.45) is 3.54. The number of hydrogen-bond acceptors (Lipinski definition) is 4. The van der Waals surface area contributed by atoms with Gasteiger partial charge in [-0.2, -0.15) is 0 Å². The topological polar surface area (TPSA) is 57.0 Å². The molecule has 1 aliphatic heterocycles. The normalized spacial score (nSPS) is 16.5. The Morgan fingerprint density at radius 1 is 1.23 bits per heavy atom. The zero-order valence-electron chi connectivity index (χ0n) is 11.8. The van der Waals surface area contributed by atoms with Crippen LogP contribution in [0.3, 0.4) is 0 Å². The van der Waals surface area contributed by atoms with Gasteiger partial charge in [0.1, 0.15) is 17.4 Å². The summed E-state index contributed by atoms with van der Waals surface area (Å²) < 4.78 is 20.3. The van der Waals surface area contributed by atoms with Crippen molar-refractivity contribution in [3.63, 3.8) is 0 Å². The molecule has 0 radical (unpaired) electrons. The van der Waals surface area contributed by atoms with E-state index in [1.54, 1.807) is 18.3 Å². The van der Waals surface area contributed by atoms with Crippen LogP contribution in [0.4, 0.5) is 4.39 Å². The molecule has 1 aromatic carbocycles. The molecule has 0 amide bonds. The first kappa shape index (κ1) is 12.9. The average molecular weight is 297 g/mol. The lowest BCUT2D eigenvalue weighted by Gasteiger charge is -2.11. The second-order valence-electron chi connectivity index (χ2n) is 5.29. The summed E-state index contributed by atoms with van der Waals surface area (Å²) in [4.78, 5) is 21.4. The van der Waals surface area contributed by atoms with E-state index in [0.29, 0.717) is 34.6 Å². The van der Waals surface area contributed by atoms with Gasteiger partial charge in [0.2, 0.25) is 0 Å². The molecule has 22 heavy (non-hydrogen) atoms. The number of halogens is 1. The van der Waals surface area contributed by atoms with Gasteiger partial charge < -0.3 is 4.74 Å². The summed E-state index contributed by atoms with van der Waals surface area (Å²) in [5.41, 5.74) is 1.90. The number of hydrogen-bond donors (Lipinski definition) is 0. The molecular weight excluding hydrogens is 285 g/mol. The molecule has 3 heterocycles. The van der Waals surface area contributed by atoms with Crippen molar-refractivity contribution < 1.29 is 9.13 Å². The highest BCUT2D eigenvalue weighted by molar-refractivity contribution is 5.81. The van der Waals surface area contributed by atoms with Gasteiger partial charge in [-0.25, -0.2) is 14.4 Å². The van der Waals surface area contributed by atoms with E-state index < -0.39 is 0 Å². The molecule has 0 fully saturated rings. The van der Waals surface area contributed by atoms with Crippen LogP contribution in [-0.2, 0) is 6.42 Å². The minimum Gasteiger partial charge on any atom is -0.487 e. The van der Waals surface area contributed by atoms with Gasteiger partial charge in [0, 0.05) is 18.8 Å². The SMILES string of the molecule is CC1Cc2c(c3nccnc3n(-c3ccc(F)cc3)c2=O)O1.